The lowest BCUT2D eigenvalue weighted by Crippen LogP contribution is -2.32. The Morgan fingerprint density at radius 1 is 1.23 bits per heavy atom. The molecule has 0 bridgehead atoms. The van der Waals surface area contributed by atoms with E-state index in [1.165, 1.54) is 17.8 Å². The minimum absolute atomic E-state index is 0.0335. The number of nitrogens with zero attached hydrogens (tertiary/aromatic N) is 2. The third-order valence-electron chi connectivity index (χ3n) is 5.70. The fourth-order valence-corrected chi connectivity index (χ4v) is 4.20. The number of amides is 1. The monoisotopic (exact) mass is 440 g/mol. The number of pyridine rings is 2. The Morgan fingerprint density at radius 2 is 2.03 bits per heavy atom. The quantitative estimate of drug-likeness (QED) is 0.511. The highest BCUT2D eigenvalue weighted by Crippen LogP contribution is 2.34. The lowest BCUT2D eigenvalue weighted by molar-refractivity contribution is -0.121. The summed E-state index contributed by atoms with van der Waals surface area (Å²) in [5.41, 5.74) is 4.26. The molecule has 0 spiro atoms. The van der Waals surface area contributed by atoms with Gasteiger partial charge in [-0.2, -0.15) is 0 Å². The minimum Gasteiger partial charge on any atom is -0.503 e. The van der Waals surface area contributed by atoms with Crippen molar-refractivity contribution in [3.05, 3.63) is 62.7 Å². The SMILES string of the molecule is Cc1c(O)c(=O)ccn1CC(=O)NCCNc1c2c(nc3cc(Cl)ccc13)CCCC2. The van der Waals surface area contributed by atoms with Crippen LogP contribution >= 0.6 is 11.6 Å². The van der Waals surface area contributed by atoms with Crippen molar-refractivity contribution in [1.29, 1.82) is 0 Å². The fourth-order valence-electron chi connectivity index (χ4n) is 4.03. The molecule has 0 atom stereocenters. The smallest absolute Gasteiger partial charge is 0.239 e. The first kappa shape index (κ1) is 21.2. The number of carbonyl (C=O) groups is 1. The molecule has 0 saturated carbocycles. The molecule has 1 aliphatic carbocycles. The van der Waals surface area contributed by atoms with Gasteiger partial charge in [-0.3, -0.25) is 14.6 Å². The van der Waals surface area contributed by atoms with Crippen LogP contribution in [0.1, 0.15) is 29.8 Å². The Balaban J connectivity index is 1.42. The van der Waals surface area contributed by atoms with Crippen LogP contribution in [-0.4, -0.2) is 33.7 Å². The van der Waals surface area contributed by atoms with Gasteiger partial charge in [0.1, 0.15) is 6.54 Å². The van der Waals surface area contributed by atoms with E-state index in [-0.39, 0.29) is 18.2 Å². The van der Waals surface area contributed by atoms with Gasteiger partial charge < -0.3 is 20.3 Å². The van der Waals surface area contributed by atoms with Gasteiger partial charge in [0.05, 0.1) is 11.2 Å². The van der Waals surface area contributed by atoms with Crippen molar-refractivity contribution in [1.82, 2.24) is 14.9 Å². The van der Waals surface area contributed by atoms with Gasteiger partial charge in [0.25, 0.3) is 0 Å². The van der Waals surface area contributed by atoms with Gasteiger partial charge in [-0.05, 0) is 56.4 Å². The van der Waals surface area contributed by atoms with Crippen LogP contribution in [0, 0.1) is 6.92 Å². The van der Waals surface area contributed by atoms with Crippen molar-refractivity contribution in [3.63, 3.8) is 0 Å². The van der Waals surface area contributed by atoms with E-state index < -0.39 is 5.43 Å². The van der Waals surface area contributed by atoms with Crippen LogP contribution in [0.2, 0.25) is 5.02 Å². The Labute approximate surface area is 185 Å². The Bertz CT molecular complexity index is 1210. The van der Waals surface area contributed by atoms with Crippen molar-refractivity contribution in [2.45, 2.75) is 39.2 Å². The van der Waals surface area contributed by atoms with Crippen LogP contribution in [0.3, 0.4) is 0 Å². The summed E-state index contributed by atoms with van der Waals surface area (Å²) in [5.74, 6) is -0.521. The maximum absolute atomic E-state index is 12.3. The number of benzene rings is 1. The normalized spacial score (nSPS) is 13.1. The largest absolute Gasteiger partial charge is 0.503 e. The molecule has 1 amide bonds. The highest BCUT2D eigenvalue weighted by Gasteiger charge is 2.18. The van der Waals surface area contributed by atoms with Gasteiger partial charge in [-0.25, -0.2) is 0 Å². The van der Waals surface area contributed by atoms with Crippen LogP contribution in [0.15, 0.2) is 35.3 Å². The minimum atomic E-state index is -0.451. The number of aromatic nitrogens is 2. The van der Waals surface area contributed by atoms with E-state index in [0.29, 0.717) is 23.8 Å². The summed E-state index contributed by atoms with van der Waals surface area (Å²) in [6.45, 7) is 2.64. The first-order valence-electron chi connectivity index (χ1n) is 10.4. The number of carbonyl (C=O) groups excluding carboxylic acids is 1. The molecule has 2 aromatic heterocycles. The number of rotatable bonds is 6. The van der Waals surface area contributed by atoms with Crippen LogP contribution in [-0.2, 0) is 24.2 Å². The average molecular weight is 441 g/mol. The number of fused-ring (bicyclic) bond motifs is 2. The third-order valence-corrected chi connectivity index (χ3v) is 5.94. The van der Waals surface area contributed by atoms with Gasteiger partial charge in [0.2, 0.25) is 11.3 Å². The number of hydrogen-bond acceptors (Lipinski definition) is 5. The molecule has 1 aromatic carbocycles. The molecule has 0 fully saturated rings. The Kier molecular flexibility index (Phi) is 6.13. The van der Waals surface area contributed by atoms with E-state index in [0.717, 1.165) is 48.0 Å². The number of anilines is 1. The third kappa shape index (κ3) is 4.51. The fraction of sp³-hybridized carbons (Fsp3) is 0.348. The second-order valence-corrected chi connectivity index (χ2v) is 8.24. The molecule has 31 heavy (non-hydrogen) atoms. The van der Waals surface area contributed by atoms with E-state index >= 15 is 0 Å². The number of hydrogen-bond donors (Lipinski definition) is 3. The summed E-state index contributed by atoms with van der Waals surface area (Å²) < 4.78 is 1.55. The second kappa shape index (κ2) is 8.98. The molecule has 1 aliphatic rings. The summed E-state index contributed by atoms with van der Waals surface area (Å²) in [5, 5.41) is 17.8. The summed E-state index contributed by atoms with van der Waals surface area (Å²) in [4.78, 5) is 28.6. The predicted molar refractivity (Wildman–Crippen MR) is 122 cm³/mol. The first-order chi connectivity index (χ1) is 14.9. The second-order valence-electron chi connectivity index (χ2n) is 7.80. The molecule has 0 saturated heterocycles. The Hall–Kier alpha value is -3.06. The zero-order chi connectivity index (χ0) is 22.0. The zero-order valence-electron chi connectivity index (χ0n) is 17.4. The van der Waals surface area contributed by atoms with Crippen molar-refractivity contribution < 1.29 is 9.90 Å². The lowest BCUT2D eigenvalue weighted by Gasteiger charge is -2.22. The van der Waals surface area contributed by atoms with E-state index in [9.17, 15) is 14.7 Å². The number of halogens is 1. The summed E-state index contributed by atoms with van der Waals surface area (Å²) >= 11 is 6.17. The van der Waals surface area contributed by atoms with Gasteiger partial charge in [0, 0.05) is 47.1 Å². The highest BCUT2D eigenvalue weighted by atomic mass is 35.5. The summed E-state index contributed by atoms with van der Waals surface area (Å²) in [6, 6.07) is 7.00. The standard InChI is InChI=1S/C23H25ClN4O3/c1-14-23(31)20(29)8-11-28(14)13-21(30)25-9-10-26-22-16-4-2-3-5-18(16)27-19-12-15(24)6-7-17(19)22/h6-8,11-12,31H,2-5,9-10,13H2,1H3,(H,25,30)(H,26,27). The van der Waals surface area contributed by atoms with E-state index in [4.69, 9.17) is 16.6 Å². The van der Waals surface area contributed by atoms with Crippen LogP contribution in [0.4, 0.5) is 5.69 Å². The first-order valence-corrected chi connectivity index (χ1v) is 10.8. The molecule has 3 aromatic rings. The molecule has 4 rings (SSSR count). The summed E-state index contributed by atoms with van der Waals surface area (Å²) in [7, 11) is 0. The maximum atomic E-state index is 12.3. The molecule has 3 N–H and O–H groups in total. The molecule has 0 aliphatic heterocycles. The van der Waals surface area contributed by atoms with E-state index in [2.05, 4.69) is 10.6 Å². The van der Waals surface area contributed by atoms with Crippen molar-refractivity contribution in [2.24, 2.45) is 0 Å². The maximum Gasteiger partial charge on any atom is 0.239 e. The molecular weight excluding hydrogens is 416 g/mol. The topological polar surface area (TPSA) is 96.2 Å². The average Bonchev–Trinajstić information content (AvgIpc) is 2.76. The Morgan fingerprint density at radius 3 is 2.87 bits per heavy atom. The molecule has 8 heteroatoms. The van der Waals surface area contributed by atoms with Gasteiger partial charge >= 0.3 is 0 Å². The van der Waals surface area contributed by atoms with Gasteiger partial charge in [-0.1, -0.05) is 11.6 Å². The molecule has 162 valence electrons. The van der Waals surface area contributed by atoms with E-state index in [1.807, 2.05) is 18.2 Å². The number of aryl methyl sites for hydroxylation is 1. The molecule has 2 heterocycles. The van der Waals surface area contributed by atoms with Gasteiger partial charge in [0.15, 0.2) is 5.75 Å². The predicted octanol–water partition coefficient (Wildman–Crippen LogP) is 3.17. The van der Waals surface area contributed by atoms with Crippen LogP contribution in [0.5, 0.6) is 5.75 Å². The molecule has 0 unspecified atom stereocenters. The highest BCUT2D eigenvalue weighted by molar-refractivity contribution is 6.31. The van der Waals surface area contributed by atoms with Crippen molar-refractivity contribution in [2.75, 3.05) is 18.4 Å². The molecular formula is C23H25ClN4O3. The van der Waals surface area contributed by atoms with Gasteiger partial charge in [-0.15, -0.1) is 0 Å². The van der Waals surface area contributed by atoms with E-state index in [1.54, 1.807) is 11.5 Å². The molecule has 7 nitrogen and oxygen atoms in total. The summed E-state index contributed by atoms with van der Waals surface area (Å²) in [6.07, 6.45) is 5.75. The van der Waals surface area contributed by atoms with Crippen LogP contribution in [0.25, 0.3) is 10.9 Å². The number of aromatic hydroxyl groups is 1. The lowest BCUT2D eigenvalue weighted by atomic mass is 9.92. The zero-order valence-corrected chi connectivity index (χ0v) is 18.1. The molecule has 0 radical (unpaired) electrons. The van der Waals surface area contributed by atoms with Crippen molar-refractivity contribution >= 4 is 34.1 Å². The van der Waals surface area contributed by atoms with Crippen molar-refractivity contribution in [3.8, 4) is 5.75 Å². The van der Waals surface area contributed by atoms with Crippen LogP contribution < -0.4 is 16.1 Å². The number of nitrogens with one attached hydrogen (secondary N) is 2.